The first-order valence-electron chi connectivity index (χ1n) is 8.37. The van der Waals surface area contributed by atoms with E-state index < -0.39 is 0 Å². The first kappa shape index (κ1) is 15.7. The maximum absolute atomic E-state index is 11.9. The Labute approximate surface area is 136 Å². The average Bonchev–Trinajstić information content (AvgIpc) is 3.22. The molecule has 1 aromatic heterocycles. The minimum atomic E-state index is 0.0622. The van der Waals surface area contributed by atoms with Crippen LogP contribution in [0.3, 0.4) is 0 Å². The molecule has 1 saturated carbocycles. The van der Waals surface area contributed by atoms with Crippen LogP contribution < -0.4 is 5.32 Å². The van der Waals surface area contributed by atoms with Gasteiger partial charge in [-0.15, -0.1) is 0 Å². The van der Waals surface area contributed by atoms with Gasteiger partial charge >= 0.3 is 0 Å². The van der Waals surface area contributed by atoms with Gasteiger partial charge in [0.05, 0.1) is 6.54 Å². The zero-order valence-electron chi connectivity index (χ0n) is 13.5. The predicted molar refractivity (Wildman–Crippen MR) is 87.5 cm³/mol. The second-order valence-electron chi connectivity index (χ2n) is 6.35. The summed E-state index contributed by atoms with van der Waals surface area (Å²) in [6.45, 7) is 2.32. The number of benzene rings is 1. The van der Waals surface area contributed by atoms with E-state index in [-0.39, 0.29) is 5.91 Å². The van der Waals surface area contributed by atoms with Crippen LogP contribution in [0, 0.1) is 12.8 Å². The quantitative estimate of drug-likeness (QED) is 0.884. The third kappa shape index (κ3) is 4.41. The van der Waals surface area contributed by atoms with Gasteiger partial charge in [-0.2, -0.15) is 4.98 Å². The first-order chi connectivity index (χ1) is 11.2. The lowest BCUT2D eigenvalue weighted by Gasteiger charge is -2.07. The Balaban J connectivity index is 1.48. The highest BCUT2D eigenvalue weighted by atomic mass is 16.5. The van der Waals surface area contributed by atoms with Crippen molar-refractivity contribution in [2.24, 2.45) is 5.92 Å². The molecule has 2 aromatic rings. The van der Waals surface area contributed by atoms with E-state index in [1.807, 2.05) is 31.2 Å². The summed E-state index contributed by atoms with van der Waals surface area (Å²) < 4.78 is 5.21. The van der Waals surface area contributed by atoms with Crippen molar-refractivity contribution in [3.63, 3.8) is 0 Å². The number of carbonyl (C=O) groups is 1. The Kier molecular flexibility index (Phi) is 5.05. The van der Waals surface area contributed by atoms with Gasteiger partial charge in [-0.1, -0.05) is 54.6 Å². The summed E-state index contributed by atoms with van der Waals surface area (Å²) in [6, 6.07) is 7.94. The van der Waals surface area contributed by atoms with Crippen LogP contribution in [0.5, 0.6) is 0 Å². The van der Waals surface area contributed by atoms with Gasteiger partial charge < -0.3 is 9.84 Å². The summed E-state index contributed by atoms with van der Waals surface area (Å²) in [7, 11) is 0. The number of nitrogens with zero attached hydrogens (tertiary/aromatic N) is 2. The number of rotatable bonds is 6. The molecule has 0 bridgehead atoms. The van der Waals surface area contributed by atoms with E-state index in [0.29, 0.717) is 24.7 Å². The van der Waals surface area contributed by atoms with Gasteiger partial charge in [0.25, 0.3) is 0 Å². The van der Waals surface area contributed by atoms with Crippen LogP contribution >= 0.6 is 0 Å². The van der Waals surface area contributed by atoms with E-state index >= 15 is 0 Å². The van der Waals surface area contributed by atoms with Gasteiger partial charge in [-0.05, 0) is 25.3 Å². The second-order valence-corrected chi connectivity index (χ2v) is 6.35. The van der Waals surface area contributed by atoms with Gasteiger partial charge in [-0.3, -0.25) is 4.79 Å². The zero-order chi connectivity index (χ0) is 16.1. The molecule has 23 heavy (non-hydrogen) atoms. The summed E-state index contributed by atoms with van der Waals surface area (Å²) in [4.78, 5) is 16.2. The van der Waals surface area contributed by atoms with Crippen molar-refractivity contribution in [3.8, 4) is 11.4 Å². The van der Waals surface area contributed by atoms with E-state index in [1.54, 1.807) is 0 Å². The lowest BCUT2D eigenvalue weighted by atomic mass is 10.0. The minimum absolute atomic E-state index is 0.0622. The van der Waals surface area contributed by atoms with E-state index in [0.717, 1.165) is 23.5 Å². The fourth-order valence-corrected chi connectivity index (χ4v) is 3.12. The maximum atomic E-state index is 11.9. The Bertz CT molecular complexity index is 660. The molecule has 0 radical (unpaired) electrons. The van der Waals surface area contributed by atoms with Crippen molar-refractivity contribution in [3.05, 3.63) is 35.7 Å². The lowest BCUT2D eigenvalue weighted by molar-refractivity contribution is -0.121. The van der Waals surface area contributed by atoms with Gasteiger partial charge in [-0.25, -0.2) is 0 Å². The molecule has 1 amide bonds. The molecule has 1 aliphatic rings. The van der Waals surface area contributed by atoms with Crippen molar-refractivity contribution in [2.45, 2.75) is 52.0 Å². The molecule has 5 heteroatoms. The van der Waals surface area contributed by atoms with Crippen molar-refractivity contribution in [1.29, 1.82) is 0 Å². The Morgan fingerprint density at radius 2 is 2.17 bits per heavy atom. The van der Waals surface area contributed by atoms with Crippen molar-refractivity contribution < 1.29 is 9.32 Å². The van der Waals surface area contributed by atoms with Gasteiger partial charge in [0.15, 0.2) is 0 Å². The maximum Gasteiger partial charge on any atom is 0.246 e. The fourth-order valence-electron chi connectivity index (χ4n) is 3.12. The average molecular weight is 313 g/mol. The monoisotopic (exact) mass is 313 g/mol. The molecule has 1 heterocycles. The third-order valence-corrected chi connectivity index (χ3v) is 4.44. The van der Waals surface area contributed by atoms with E-state index in [4.69, 9.17) is 4.52 Å². The molecule has 1 fully saturated rings. The first-order valence-corrected chi connectivity index (χ1v) is 8.37. The molecule has 0 atom stereocenters. The summed E-state index contributed by atoms with van der Waals surface area (Å²) in [5.74, 6) is 1.80. The molecule has 5 nitrogen and oxygen atoms in total. The van der Waals surface area contributed by atoms with Crippen molar-refractivity contribution >= 4 is 5.91 Å². The Hall–Kier alpha value is -2.17. The SMILES string of the molecule is Cc1cccc(-c2noc(CNC(=O)CCC3CCCC3)n2)c1. The predicted octanol–water partition coefficient (Wildman–Crippen LogP) is 3.63. The summed E-state index contributed by atoms with van der Waals surface area (Å²) in [5, 5.41) is 6.84. The summed E-state index contributed by atoms with van der Waals surface area (Å²) in [6.07, 6.45) is 6.76. The van der Waals surface area contributed by atoms with Crippen LogP contribution in [0.4, 0.5) is 0 Å². The molecule has 3 rings (SSSR count). The van der Waals surface area contributed by atoms with Crippen LogP contribution in [-0.2, 0) is 11.3 Å². The smallest absolute Gasteiger partial charge is 0.246 e. The van der Waals surface area contributed by atoms with Crippen LogP contribution in [-0.4, -0.2) is 16.0 Å². The number of carbonyl (C=O) groups excluding carboxylic acids is 1. The normalized spacial score (nSPS) is 15.0. The van der Waals surface area contributed by atoms with Crippen LogP contribution in [0.25, 0.3) is 11.4 Å². The molecular weight excluding hydrogens is 290 g/mol. The number of hydrogen-bond donors (Lipinski definition) is 1. The lowest BCUT2D eigenvalue weighted by Crippen LogP contribution is -2.23. The van der Waals surface area contributed by atoms with E-state index in [9.17, 15) is 4.79 Å². The van der Waals surface area contributed by atoms with Crippen LogP contribution in [0.1, 0.15) is 50.0 Å². The standard InChI is InChI=1S/C18H23N3O2/c1-13-5-4-8-15(11-13)18-20-17(23-21-18)12-19-16(22)10-9-14-6-2-3-7-14/h4-5,8,11,14H,2-3,6-7,9-10,12H2,1H3,(H,19,22). The molecule has 0 aliphatic heterocycles. The highest BCUT2D eigenvalue weighted by Crippen LogP contribution is 2.28. The van der Waals surface area contributed by atoms with Crippen LogP contribution in [0.2, 0.25) is 0 Å². The van der Waals surface area contributed by atoms with Crippen molar-refractivity contribution in [2.75, 3.05) is 0 Å². The third-order valence-electron chi connectivity index (χ3n) is 4.44. The highest BCUT2D eigenvalue weighted by molar-refractivity contribution is 5.75. The van der Waals surface area contributed by atoms with Gasteiger partial charge in [0, 0.05) is 12.0 Å². The van der Waals surface area contributed by atoms with E-state index in [1.165, 1.54) is 25.7 Å². The van der Waals surface area contributed by atoms with E-state index in [2.05, 4.69) is 15.5 Å². The topological polar surface area (TPSA) is 68.0 Å². The summed E-state index contributed by atoms with van der Waals surface area (Å²) in [5.41, 5.74) is 2.07. The summed E-state index contributed by atoms with van der Waals surface area (Å²) >= 11 is 0. The molecule has 0 unspecified atom stereocenters. The molecular formula is C18H23N3O2. The molecule has 1 aliphatic carbocycles. The molecule has 1 aromatic carbocycles. The van der Waals surface area contributed by atoms with Gasteiger partial charge in [0.2, 0.25) is 17.6 Å². The Morgan fingerprint density at radius 3 is 2.96 bits per heavy atom. The number of amides is 1. The second kappa shape index (κ2) is 7.40. The Morgan fingerprint density at radius 1 is 1.35 bits per heavy atom. The number of aromatic nitrogens is 2. The van der Waals surface area contributed by atoms with Gasteiger partial charge in [0.1, 0.15) is 0 Å². The number of aryl methyl sites for hydroxylation is 1. The minimum Gasteiger partial charge on any atom is -0.347 e. The zero-order valence-corrected chi connectivity index (χ0v) is 13.5. The number of nitrogens with one attached hydrogen (secondary N) is 1. The van der Waals surface area contributed by atoms with Crippen molar-refractivity contribution in [1.82, 2.24) is 15.5 Å². The molecule has 1 N–H and O–H groups in total. The largest absolute Gasteiger partial charge is 0.347 e. The molecule has 0 spiro atoms. The number of hydrogen-bond acceptors (Lipinski definition) is 4. The highest BCUT2D eigenvalue weighted by Gasteiger charge is 2.16. The fraction of sp³-hybridized carbons (Fsp3) is 0.500. The van der Waals surface area contributed by atoms with Crippen LogP contribution in [0.15, 0.2) is 28.8 Å². The molecule has 122 valence electrons. The molecule has 0 saturated heterocycles.